The standard InChI is InChI=1S/C24H41NO2Si/c1-18(2)22-20-13-11-9-7-6-8-10-12-19-16-21(22)23(24(20)26)25(19)17-27-14-15-28(3,4)5/h16,18,20,22H,6-15,17H2,1-5H3/t20-,22-/m1/s1. The van der Waals surface area contributed by atoms with E-state index in [1.54, 1.807) is 0 Å². The van der Waals surface area contributed by atoms with Crippen molar-refractivity contribution in [2.45, 2.75) is 104 Å². The molecule has 2 aliphatic carbocycles. The lowest BCUT2D eigenvalue weighted by Gasteiger charge is -2.23. The molecule has 3 aliphatic rings. The Morgan fingerprint density at radius 3 is 2.46 bits per heavy atom. The highest BCUT2D eigenvalue weighted by molar-refractivity contribution is 6.76. The van der Waals surface area contributed by atoms with Crippen molar-refractivity contribution in [3.63, 3.8) is 0 Å². The number of aromatic nitrogens is 1. The van der Waals surface area contributed by atoms with Crippen molar-refractivity contribution in [3.8, 4) is 0 Å². The Balaban J connectivity index is 1.87. The van der Waals surface area contributed by atoms with Gasteiger partial charge in [0.05, 0.1) is 5.69 Å². The van der Waals surface area contributed by atoms with Gasteiger partial charge in [0.25, 0.3) is 0 Å². The monoisotopic (exact) mass is 403 g/mol. The molecule has 2 atom stereocenters. The molecule has 1 aromatic heterocycles. The van der Waals surface area contributed by atoms with Crippen molar-refractivity contribution in [1.29, 1.82) is 0 Å². The van der Waals surface area contributed by atoms with E-state index in [0.29, 0.717) is 24.3 Å². The molecule has 0 unspecified atom stereocenters. The van der Waals surface area contributed by atoms with E-state index in [-0.39, 0.29) is 5.92 Å². The number of aryl methyl sites for hydroxylation is 1. The number of rotatable bonds is 6. The third-order valence-corrected chi connectivity index (χ3v) is 8.41. The number of carbonyl (C=O) groups is 1. The van der Waals surface area contributed by atoms with Gasteiger partial charge in [0.2, 0.25) is 0 Å². The van der Waals surface area contributed by atoms with Gasteiger partial charge in [-0.15, -0.1) is 0 Å². The van der Waals surface area contributed by atoms with Crippen molar-refractivity contribution < 1.29 is 9.53 Å². The van der Waals surface area contributed by atoms with Crippen molar-refractivity contribution in [1.82, 2.24) is 4.57 Å². The number of fused-ring (bicyclic) bond motifs is 7. The van der Waals surface area contributed by atoms with Gasteiger partial charge in [-0.2, -0.15) is 0 Å². The summed E-state index contributed by atoms with van der Waals surface area (Å²) in [6.07, 6.45) is 9.79. The van der Waals surface area contributed by atoms with Crippen molar-refractivity contribution in [2.24, 2.45) is 11.8 Å². The molecule has 158 valence electrons. The van der Waals surface area contributed by atoms with Crippen LogP contribution in [0.2, 0.25) is 25.7 Å². The highest BCUT2D eigenvalue weighted by Gasteiger charge is 2.43. The van der Waals surface area contributed by atoms with Crippen molar-refractivity contribution in [3.05, 3.63) is 23.0 Å². The van der Waals surface area contributed by atoms with Crippen LogP contribution < -0.4 is 0 Å². The van der Waals surface area contributed by atoms with E-state index in [2.05, 4.69) is 44.1 Å². The fourth-order valence-corrected chi connectivity index (χ4v) is 5.87. The highest BCUT2D eigenvalue weighted by atomic mass is 28.3. The van der Waals surface area contributed by atoms with Crippen molar-refractivity contribution >= 4 is 13.9 Å². The van der Waals surface area contributed by atoms with E-state index in [0.717, 1.165) is 25.1 Å². The SMILES string of the molecule is CC(C)[C@H]1c2cc3n(COCC[Si](C)(C)C)c2C(=O)[C@@H]1CCCCCCCC3. The van der Waals surface area contributed by atoms with E-state index in [9.17, 15) is 4.79 Å². The smallest absolute Gasteiger partial charge is 0.183 e. The van der Waals surface area contributed by atoms with Gasteiger partial charge in [0.15, 0.2) is 5.78 Å². The Labute approximate surface area is 173 Å². The first-order valence-corrected chi connectivity index (χ1v) is 15.3. The zero-order chi connectivity index (χ0) is 20.3. The second-order valence-corrected chi connectivity index (χ2v) is 16.2. The van der Waals surface area contributed by atoms with Gasteiger partial charge >= 0.3 is 0 Å². The van der Waals surface area contributed by atoms with E-state index < -0.39 is 8.07 Å². The average molecular weight is 404 g/mol. The number of nitrogens with zero attached hydrogens (tertiary/aromatic N) is 1. The molecule has 0 saturated carbocycles. The molecule has 0 saturated heterocycles. The lowest BCUT2D eigenvalue weighted by atomic mass is 9.80. The summed E-state index contributed by atoms with van der Waals surface area (Å²) >= 11 is 0. The summed E-state index contributed by atoms with van der Waals surface area (Å²) in [5, 5.41) is 0. The molecule has 0 N–H and O–H groups in total. The minimum absolute atomic E-state index is 0.188. The maximum atomic E-state index is 13.5. The minimum Gasteiger partial charge on any atom is -0.361 e. The predicted octanol–water partition coefficient (Wildman–Crippen LogP) is 6.64. The molecule has 0 aromatic carbocycles. The van der Waals surface area contributed by atoms with Crippen LogP contribution in [0.1, 0.15) is 86.5 Å². The lowest BCUT2D eigenvalue weighted by molar-refractivity contribution is 0.0766. The molecule has 3 nitrogen and oxygen atoms in total. The van der Waals surface area contributed by atoms with Crippen LogP contribution in [-0.2, 0) is 17.9 Å². The molecule has 4 rings (SSSR count). The van der Waals surface area contributed by atoms with Crippen LogP contribution in [0.3, 0.4) is 0 Å². The van der Waals surface area contributed by atoms with Gasteiger partial charge in [-0.05, 0) is 48.8 Å². The molecule has 0 fully saturated rings. The van der Waals surface area contributed by atoms with Gasteiger partial charge < -0.3 is 9.30 Å². The highest BCUT2D eigenvalue weighted by Crippen LogP contribution is 2.46. The number of carbonyl (C=O) groups excluding carboxylic acids is 1. The molecule has 4 bridgehead atoms. The van der Waals surface area contributed by atoms with Gasteiger partial charge in [-0.25, -0.2) is 0 Å². The molecule has 4 heteroatoms. The Morgan fingerprint density at radius 2 is 1.79 bits per heavy atom. The largest absolute Gasteiger partial charge is 0.361 e. The van der Waals surface area contributed by atoms with E-state index >= 15 is 0 Å². The van der Waals surface area contributed by atoms with Crippen LogP contribution in [0.4, 0.5) is 0 Å². The number of hydrogen-bond donors (Lipinski definition) is 0. The zero-order valence-electron chi connectivity index (χ0n) is 18.9. The summed E-state index contributed by atoms with van der Waals surface area (Å²) in [6.45, 7) is 13.1. The fourth-order valence-electron chi connectivity index (χ4n) is 5.11. The lowest BCUT2D eigenvalue weighted by Crippen LogP contribution is -2.23. The van der Waals surface area contributed by atoms with Crippen LogP contribution in [0.25, 0.3) is 0 Å². The Kier molecular flexibility index (Phi) is 7.25. The molecule has 0 amide bonds. The first-order valence-electron chi connectivity index (χ1n) is 11.6. The maximum Gasteiger partial charge on any atom is 0.183 e. The summed E-state index contributed by atoms with van der Waals surface area (Å²) < 4.78 is 8.38. The molecular weight excluding hydrogens is 362 g/mol. The van der Waals surface area contributed by atoms with E-state index in [1.807, 2.05) is 0 Å². The van der Waals surface area contributed by atoms with Crippen LogP contribution >= 0.6 is 0 Å². The third-order valence-electron chi connectivity index (χ3n) is 6.71. The third kappa shape index (κ3) is 4.99. The van der Waals surface area contributed by atoms with Gasteiger partial charge in [0.1, 0.15) is 6.73 Å². The van der Waals surface area contributed by atoms with Gasteiger partial charge in [-0.1, -0.05) is 65.6 Å². The quantitative estimate of drug-likeness (QED) is 0.394. The van der Waals surface area contributed by atoms with Gasteiger partial charge in [-0.3, -0.25) is 4.79 Å². The number of ketones is 1. The molecule has 28 heavy (non-hydrogen) atoms. The summed E-state index contributed by atoms with van der Waals surface area (Å²) in [6, 6.07) is 3.55. The Bertz CT molecular complexity index is 671. The number of ether oxygens (including phenoxy) is 1. The molecule has 1 aliphatic heterocycles. The Morgan fingerprint density at radius 1 is 1.11 bits per heavy atom. The summed E-state index contributed by atoms with van der Waals surface area (Å²) in [5.41, 5.74) is 3.65. The van der Waals surface area contributed by atoms with Crippen molar-refractivity contribution in [2.75, 3.05) is 6.61 Å². The average Bonchev–Trinajstić information content (AvgIpc) is 3.09. The fraction of sp³-hybridized carbons (Fsp3) is 0.792. The topological polar surface area (TPSA) is 31.2 Å². The molecular formula is C24H41NO2Si. The van der Waals surface area contributed by atoms with Gasteiger partial charge in [0, 0.05) is 26.3 Å². The first-order chi connectivity index (χ1) is 13.3. The summed E-state index contributed by atoms with van der Waals surface area (Å²) in [7, 11) is -1.09. The molecule has 0 spiro atoms. The molecule has 1 aromatic rings. The minimum atomic E-state index is -1.09. The summed E-state index contributed by atoms with van der Waals surface area (Å²) in [5.74, 6) is 1.49. The normalized spacial score (nSPS) is 23.7. The first kappa shape index (κ1) is 21.8. The zero-order valence-corrected chi connectivity index (χ0v) is 19.9. The Hall–Kier alpha value is -0.873. The van der Waals surface area contributed by atoms with E-state index in [1.165, 1.54) is 55.8 Å². The second-order valence-electron chi connectivity index (χ2n) is 10.6. The predicted molar refractivity (Wildman–Crippen MR) is 120 cm³/mol. The van der Waals surface area contributed by atoms with Crippen LogP contribution in [-0.4, -0.2) is 25.0 Å². The molecule has 0 radical (unpaired) electrons. The number of Topliss-reactive ketones (excluding diaryl/α,β-unsaturated/α-hetero) is 1. The van der Waals surface area contributed by atoms with E-state index in [4.69, 9.17) is 4.74 Å². The van der Waals surface area contributed by atoms with Crippen LogP contribution in [0.5, 0.6) is 0 Å². The van der Waals surface area contributed by atoms with Crippen LogP contribution in [0, 0.1) is 11.8 Å². The maximum absolute atomic E-state index is 13.5. The second kappa shape index (κ2) is 9.29. The molecule has 2 heterocycles. The summed E-state index contributed by atoms with van der Waals surface area (Å²) in [4.78, 5) is 13.5. The number of hydrogen-bond acceptors (Lipinski definition) is 2. The van der Waals surface area contributed by atoms with Crippen LogP contribution in [0.15, 0.2) is 6.07 Å².